The molecule has 0 spiro atoms. The molecule has 9 nitrogen and oxygen atoms in total. The lowest BCUT2D eigenvalue weighted by Gasteiger charge is -2.33. The lowest BCUT2D eigenvalue weighted by Crippen LogP contribution is -2.44. The first kappa shape index (κ1) is 17.8. The highest BCUT2D eigenvalue weighted by Crippen LogP contribution is 2.21. The second-order valence-electron chi connectivity index (χ2n) is 5.86. The summed E-state index contributed by atoms with van der Waals surface area (Å²) >= 11 is 0. The van der Waals surface area contributed by atoms with Crippen molar-refractivity contribution in [2.24, 2.45) is 0 Å². The summed E-state index contributed by atoms with van der Waals surface area (Å²) < 4.78 is 26.7. The number of hydrogen-bond acceptors (Lipinski definition) is 6. The number of rotatable bonds is 7. The summed E-state index contributed by atoms with van der Waals surface area (Å²) in [6.45, 7) is 3.27. The van der Waals surface area contributed by atoms with Gasteiger partial charge in [0.05, 0.1) is 12.8 Å². The Morgan fingerprint density at radius 1 is 1.39 bits per heavy atom. The number of hydrogen-bond donors (Lipinski definition) is 1. The Balaban J connectivity index is 1.73. The van der Waals surface area contributed by atoms with Crippen molar-refractivity contribution in [2.45, 2.75) is 51.6 Å². The van der Waals surface area contributed by atoms with E-state index in [4.69, 9.17) is 0 Å². The van der Waals surface area contributed by atoms with Crippen molar-refractivity contribution >= 4 is 15.9 Å². The minimum Gasteiger partial charge on any atom is -0.356 e. The van der Waals surface area contributed by atoms with Crippen molar-refractivity contribution in [3.05, 3.63) is 5.82 Å². The van der Waals surface area contributed by atoms with Crippen molar-refractivity contribution in [3.8, 4) is 0 Å². The molecule has 2 heterocycles. The smallest absolute Gasteiger partial charge is 0.221 e. The van der Waals surface area contributed by atoms with Crippen LogP contribution < -0.4 is 5.32 Å². The van der Waals surface area contributed by atoms with Crippen molar-refractivity contribution in [1.82, 2.24) is 29.8 Å². The highest BCUT2D eigenvalue weighted by Gasteiger charge is 2.28. The van der Waals surface area contributed by atoms with E-state index in [2.05, 4.69) is 20.8 Å². The number of tetrazole rings is 1. The lowest BCUT2D eigenvalue weighted by molar-refractivity contribution is -0.121. The summed E-state index contributed by atoms with van der Waals surface area (Å²) in [6.07, 6.45) is 4.98. The van der Waals surface area contributed by atoms with E-state index in [1.54, 1.807) is 15.9 Å². The molecule has 1 amide bonds. The lowest BCUT2D eigenvalue weighted by atomic mass is 10.0. The summed E-state index contributed by atoms with van der Waals surface area (Å²) in [5, 5.41) is 13.9. The third-order valence-corrected chi connectivity index (χ3v) is 5.39. The molecule has 0 aliphatic carbocycles. The normalized spacial score (nSPS) is 19.7. The molecule has 0 bridgehead atoms. The number of nitrogens with one attached hydrogen (secondary N) is 1. The molecule has 0 saturated carbocycles. The minimum atomic E-state index is -3.18. The second-order valence-corrected chi connectivity index (χ2v) is 7.80. The van der Waals surface area contributed by atoms with Gasteiger partial charge in [0.1, 0.15) is 5.82 Å². The Kier molecular flexibility index (Phi) is 6.05. The molecule has 2 rings (SSSR count). The average Bonchev–Trinajstić information content (AvgIpc) is 2.90. The Morgan fingerprint density at radius 2 is 2.17 bits per heavy atom. The molecule has 1 fully saturated rings. The zero-order valence-corrected chi connectivity index (χ0v) is 14.4. The first-order valence-corrected chi connectivity index (χ1v) is 9.69. The molecule has 1 saturated heterocycles. The van der Waals surface area contributed by atoms with E-state index in [0.29, 0.717) is 38.3 Å². The van der Waals surface area contributed by atoms with Gasteiger partial charge in [0.25, 0.3) is 0 Å². The maximum Gasteiger partial charge on any atom is 0.221 e. The van der Waals surface area contributed by atoms with Gasteiger partial charge in [-0.15, -0.1) is 5.10 Å². The first-order chi connectivity index (χ1) is 10.9. The number of piperidine rings is 1. The number of carbonyl (C=O) groups excluding carboxylic acids is 1. The van der Waals surface area contributed by atoms with Crippen LogP contribution in [0.4, 0.5) is 0 Å². The standard InChI is InChI=1S/C13H24N6O3S/c1-11-15-16-17-18(11)10-7-13(20)14-8-6-12-5-3-4-9-19(12)23(2,21)22/h12H,3-10H2,1-2H3,(H,14,20). The molecule has 1 aromatic rings. The van der Waals surface area contributed by atoms with Crippen molar-refractivity contribution in [2.75, 3.05) is 19.3 Å². The van der Waals surface area contributed by atoms with Crippen LogP contribution in [0, 0.1) is 6.92 Å². The molecule has 0 radical (unpaired) electrons. The van der Waals surface area contributed by atoms with Gasteiger partial charge >= 0.3 is 0 Å². The minimum absolute atomic E-state index is 0.0131. The molecule has 1 unspecified atom stereocenters. The van der Waals surface area contributed by atoms with Crippen molar-refractivity contribution in [1.29, 1.82) is 0 Å². The van der Waals surface area contributed by atoms with Gasteiger partial charge in [-0.3, -0.25) is 4.79 Å². The Morgan fingerprint density at radius 3 is 2.83 bits per heavy atom. The largest absolute Gasteiger partial charge is 0.356 e. The topological polar surface area (TPSA) is 110 Å². The molecule has 1 N–H and O–H groups in total. The van der Waals surface area contributed by atoms with Gasteiger partial charge in [-0.05, 0) is 36.6 Å². The van der Waals surface area contributed by atoms with Crippen LogP contribution in [0.3, 0.4) is 0 Å². The van der Waals surface area contributed by atoms with Crippen LogP contribution >= 0.6 is 0 Å². The van der Waals surface area contributed by atoms with E-state index in [-0.39, 0.29) is 11.9 Å². The Bertz CT molecular complexity index is 629. The fourth-order valence-electron chi connectivity index (χ4n) is 2.83. The molecule has 1 atom stereocenters. The molecular weight excluding hydrogens is 320 g/mol. The first-order valence-electron chi connectivity index (χ1n) is 7.84. The molecule has 1 aromatic heterocycles. The van der Waals surface area contributed by atoms with E-state index < -0.39 is 10.0 Å². The van der Waals surface area contributed by atoms with Gasteiger partial charge in [0.2, 0.25) is 15.9 Å². The fourth-order valence-corrected chi connectivity index (χ4v) is 4.04. The average molecular weight is 344 g/mol. The van der Waals surface area contributed by atoms with Gasteiger partial charge in [-0.1, -0.05) is 6.42 Å². The highest BCUT2D eigenvalue weighted by atomic mass is 32.2. The van der Waals surface area contributed by atoms with Crippen molar-refractivity contribution in [3.63, 3.8) is 0 Å². The third-order valence-electron chi connectivity index (χ3n) is 4.06. The van der Waals surface area contributed by atoms with E-state index in [9.17, 15) is 13.2 Å². The van der Waals surface area contributed by atoms with Crippen LogP contribution in [-0.4, -0.2) is 64.2 Å². The summed E-state index contributed by atoms with van der Waals surface area (Å²) in [5.41, 5.74) is 0. The number of carbonyl (C=O) groups is 1. The third kappa shape index (κ3) is 5.24. The Hall–Kier alpha value is -1.55. The monoisotopic (exact) mass is 344 g/mol. The van der Waals surface area contributed by atoms with Gasteiger partial charge in [0.15, 0.2) is 0 Å². The van der Waals surface area contributed by atoms with Crippen LogP contribution in [0.5, 0.6) is 0 Å². The summed E-state index contributed by atoms with van der Waals surface area (Å²) in [6, 6.07) is -0.0131. The molecule has 23 heavy (non-hydrogen) atoms. The molecule has 10 heteroatoms. The second kappa shape index (κ2) is 7.82. The fraction of sp³-hybridized carbons (Fsp3) is 0.846. The highest BCUT2D eigenvalue weighted by molar-refractivity contribution is 7.88. The quantitative estimate of drug-likeness (QED) is 0.727. The van der Waals surface area contributed by atoms with Gasteiger partial charge < -0.3 is 5.32 Å². The SMILES string of the molecule is Cc1nnnn1CCC(=O)NCCC1CCCCN1S(C)(=O)=O. The van der Waals surface area contributed by atoms with E-state index >= 15 is 0 Å². The zero-order valence-electron chi connectivity index (χ0n) is 13.6. The molecule has 1 aliphatic heterocycles. The van der Waals surface area contributed by atoms with E-state index in [1.807, 2.05) is 0 Å². The predicted molar refractivity (Wildman–Crippen MR) is 84.0 cm³/mol. The summed E-state index contributed by atoms with van der Waals surface area (Å²) in [5.74, 6) is 0.588. The zero-order chi connectivity index (χ0) is 16.9. The van der Waals surface area contributed by atoms with Crippen LogP contribution in [0.15, 0.2) is 0 Å². The molecule has 0 aromatic carbocycles. The molecule has 1 aliphatic rings. The molecular formula is C13H24N6O3S. The van der Waals surface area contributed by atoms with Crippen LogP contribution in [0.2, 0.25) is 0 Å². The molecule has 130 valence electrons. The number of aromatic nitrogens is 4. The summed E-state index contributed by atoms with van der Waals surface area (Å²) in [4.78, 5) is 11.8. The van der Waals surface area contributed by atoms with Crippen LogP contribution in [-0.2, 0) is 21.4 Å². The predicted octanol–water partition coefficient (Wildman–Crippen LogP) is -0.308. The van der Waals surface area contributed by atoms with Gasteiger partial charge in [-0.2, -0.15) is 4.31 Å². The Labute approximate surface area is 136 Å². The van der Waals surface area contributed by atoms with Crippen LogP contribution in [0.1, 0.15) is 37.9 Å². The van der Waals surface area contributed by atoms with E-state index in [1.165, 1.54) is 6.26 Å². The number of aryl methyl sites for hydroxylation is 2. The summed E-state index contributed by atoms with van der Waals surface area (Å²) in [7, 11) is -3.18. The maximum atomic E-state index is 11.8. The van der Waals surface area contributed by atoms with E-state index in [0.717, 1.165) is 19.3 Å². The van der Waals surface area contributed by atoms with Gasteiger partial charge in [0, 0.05) is 25.6 Å². The van der Waals surface area contributed by atoms with Gasteiger partial charge in [-0.25, -0.2) is 13.1 Å². The number of nitrogens with zero attached hydrogens (tertiary/aromatic N) is 5. The van der Waals surface area contributed by atoms with Crippen LogP contribution in [0.25, 0.3) is 0 Å². The number of sulfonamides is 1. The number of amides is 1. The van der Waals surface area contributed by atoms with Crippen molar-refractivity contribution < 1.29 is 13.2 Å². The maximum absolute atomic E-state index is 11.8.